The lowest BCUT2D eigenvalue weighted by molar-refractivity contribution is 0.0362. The van der Waals surface area contributed by atoms with Crippen molar-refractivity contribution in [3.05, 3.63) is 83.8 Å². The second-order valence-corrected chi connectivity index (χ2v) is 6.02. The largest absolute Gasteiger partial charge is 0.376 e. The Balaban J connectivity index is 1.25. The van der Waals surface area contributed by atoms with Crippen LogP contribution in [0.4, 0.5) is 0 Å². The van der Waals surface area contributed by atoms with Crippen LogP contribution in [-0.2, 0) is 24.4 Å². The van der Waals surface area contributed by atoms with Crippen molar-refractivity contribution in [3.8, 4) is 0 Å². The molecule has 7 nitrogen and oxygen atoms in total. The van der Waals surface area contributed by atoms with E-state index < -0.39 is 0 Å². The first-order chi connectivity index (χ1) is 13.4. The van der Waals surface area contributed by atoms with E-state index in [1.807, 2.05) is 66.7 Å². The monoisotopic (exact) mass is 361 g/mol. The zero-order valence-electron chi connectivity index (χ0n) is 14.7. The molecule has 0 atom stereocenters. The number of tetrazole rings is 1. The van der Waals surface area contributed by atoms with Crippen LogP contribution in [0.5, 0.6) is 0 Å². The standard InChI is InChI=1S/C20H19N5O2/c1-2-6-16(7-3-1)14-26-13-12-20-22-24-25(23-20)27-15-18-11-10-17-8-4-5-9-19(17)21-18/h1-11H,12-15H2. The van der Waals surface area contributed by atoms with Gasteiger partial charge in [0, 0.05) is 16.8 Å². The first kappa shape index (κ1) is 17.1. The zero-order chi connectivity index (χ0) is 18.3. The Morgan fingerprint density at radius 2 is 1.70 bits per heavy atom. The number of ether oxygens (including phenoxy) is 1. The maximum Gasteiger partial charge on any atom is 0.180 e. The van der Waals surface area contributed by atoms with Crippen LogP contribution in [-0.4, -0.2) is 32.0 Å². The van der Waals surface area contributed by atoms with Gasteiger partial charge in [-0.3, -0.25) is 0 Å². The molecule has 0 fully saturated rings. The minimum absolute atomic E-state index is 0.269. The quantitative estimate of drug-likeness (QED) is 0.449. The fourth-order valence-electron chi connectivity index (χ4n) is 2.62. The minimum Gasteiger partial charge on any atom is -0.376 e. The van der Waals surface area contributed by atoms with E-state index in [-0.39, 0.29) is 6.61 Å². The third-order valence-corrected chi connectivity index (χ3v) is 4.00. The molecule has 7 heteroatoms. The van der Waals surface area contributed by atoms with Gasteiger partial charge in [-0.25, -0.2) is 4.98 Å². The number of hydrogen-bond acceptors (Lipinski definition) is 6. The van der Waals surface area contributed by atoms with E-state index in [4.69, 9.17) is 9.57 Å². The van der Waals surface area contributed by atoms with Crippen LogP contribution in [0.25, 0.3) is 10.9 Å². The highest BCUT2D eigenvalue weighted by molar-refractivity contribution is 5.78. The highest BCUT2D eigenvalue weighted by Gasteiger charge is 2.05. The van der Waals surface area contributed by atoms with Gasteiger partial charge in [0.15, 0.2) is 12.4 Å². The Morgan fingerprint density at radius 1 is 0.852 bits per heavy atom. The van der Waals surface area contributed by atoms with Crippen LogP contribution in [0.1, 0.15) is 17.1 Å². The summed E-state index contributed by atoms with van der Waals surface area (Å²) in [5, 5.41) is 13.2. The fourth-order valence-corrected chi connectivity index (χ4v) is 2.62. The summed E-state index contributed by atoms with van der Waals surface area (Å²) in [7, 11) is 0. The molecule has 0 aliphatic heterocycles. The molecule has 0 unspecified atom stereocenters. The highest BCUT2D eigenvalue weighted by Crippen LogP contribution is 2.11. The summed E-state index contributed by atoms with van der Waals surface area (Å²) in [6.07, 6.45) is 0.574. The van der Waals surface area contributed by atoms with Crippen LogP contribution in [0.3, 0.4) is 0 Å². The third-order valence-electron chi connectivity index (χ3n) is 4.00. The second-order valence-electron chi connectivity index (χ2n) is 6.02. The Kier molecular flexibility index (Phi) is 5.31. The number of benzene rings is 2. The molecule has 0 saturated carbocycles. The Labute approximate surface area is 156 Å². The SMILES string of the molecule is c1ccc(COCCc2nnn(OCc3ccc4ccccc4n3)n2)cc1. The molecule has 0 amide bonds. The van der Waals surface area contributed by atoms with Crippen LogP contribution < -0.4 is 4.84 Å². The molecule has 136 valence electrons. The van der Waals surface area contributed by atoms with E-state index in [0.717, 1.165) is 27.1 Å². The summed E-state index contributed by atoms with van der Waals surface area (Å²) in [6.45, 7) is 1.36. The molecule has 27 heavy (non-hydrogen) atoms. The van der Waals surface area contributed by atoms with Crippen molar-refractivity contribution >= 4 is 10.9 Å². The molecule has 2 aromatic carbocycles. The number of fused-ring (bicyclic) bond motifs is 1. The van der Waals surface area contributed by atoms with E-state index in [2.05, 4.69) is 20.4 Å². The average molecular weight is 361 g/mol. The van der Waals surface area contributed by atoms with Crippen molar-refractivity contribution in [2.75, 3.05) is 6.61 Å². The van der Waals surface area contributed by atoms with Gasteiger partial charge in [-0.15, -0.1) is 5.10 Å². The van der Waals surface area contributed by atoms with Crippen molar-refractivity contribution in [2.24, 2.45) is 0 Å². The first-order valence-electron chi connectivity index (χ1n) is 8.75. The molecule has 0 N–H and O–H groups in total. The molecule has 0 radical (unpaired) electrons. The van der Waals surface area contributed by atoms with Crippen LogP contribution in [0.15, 0.2) is 66.7 Å². The molecule has 0 bridgehead atoms. The van der Waals surface area contributed by atoms with Gasteiger partial charge in [0.1, 0.15) is 0 Å². The molecule has 4 rings (SSSR count). The van der Waals surface area contributed by atoms with Crippen molar-refractivity contribution in [2.45, 2.75) is 19.6 Å². The zero-order valence-corrected chi connectivity index (χ0v) is 14.7. The smallest absolute Gasteiger partial charge is 0.180 e. The average Bonchev–Trinajstić information content (AvgIpc) is 3.18. The third kappa shape index (κ3) is 4.65. The highest BCUT2D eigenvalue weighted by atomic mass is 16.7. The minimum atomic E-state index is 0.269. The van der Waals surface area contributed by atoms with Gasteiger partial charge in [-0.05, 0) is 22.9 Å². The van der Waals surface area contributed by atoms with Gasteiger partial charge >= 0.3 is 0 Å². The maximum absolute atomic E-state index is 5.64. The fraction of sp³-hybridized carbons (Fsp3) is 0.200. The summed E-state index contributed by atoms with van der Waals surface area (Å²) >= 11 is 0. The molecular weight excluding hydrogens is 342 g/mol. The Hall–Kier alpha value is -3.32. The summed E-state index contributed by atoms with van der Waals surface area (Å²) in [5.74, 6) is 0.578. The lowest BCUT2D eigenvalue weighted by Crippen LogP contribution is -2.15. The van der Waals surface area contributed by atoms with E-state index in [1.54, 1.807) is 0 Å². The number of hydrogen-bond donors (Lipinski definition) is 0. The Morgan fingerprint density at radius 3 is 2.63 bits per heavy atom. The number of aromatic nitrogens is 5. The molecule has 0 aliphatic carbocycles. The molecule has 2 heterocycles. The van der Waals surface area contributed by atoms with Gasteiger partial charge < -0.3 is 9.57 Å². The van der Waals surface area contributed by atoms with Crippen molar-refractivity contribution in [1.29, 1.82) is 0 Å². The summed E-state index contributed by atoms with van der Waals surface area (Å²) in [6, 6.07) is 21.9. The van der Waals surface area contributed by atoms with Crippen LogP contribution >= 0.6 is 0 Å². The van der Waals surface area contributed by atoms with Gasteiger partial charge in [-0.1, -0.05) is 59.7 Å². The first-order valence-corrected chi connectivity index (χ1v) is 8.75. The molecule has 4 aromatic rings. The topological polar surface area (TPSA) is 75.0 Å². The number of pyridine rings is 1. The summed E-state index contributed by atoms with van der Waals surface area (Å²) in [4.78, 5) is 11.2. The van der Waals surface area contributed by atoms with Gasteiger partial charge in [-0.2, -0.15) is 0 Å². The molecule has 0 spiro atoms. The van der Waals surface area contributed by atoms with Crippen molar-refractivity contribution in [3.63, 3.8) is 0 Å². The number of rotatable bonds is 8. The van der Waals surface area contributed by atoms with E-state index in [1.165, 1.54) is 0 Å². The molecular formula is C20H19N5O2. The van der Waals surface area contributed by atoms with Crippen molar-refractivity contribution < 1.29 is 9.57 Å². The van der Waals surface area contributed by atoms with Crippen LogP contribution in [0.2, 0.25) is 0 Å². The lowest BCUT2D eigenvalue weighted by Gasteiger charge is -2.04. The predicted molar refractivity (Wildman–Crippen MR) is 99.6 cm³/mol. The number of nitrogens with zero attached hydrogens (tertiary/aromatic N) is 5. The summed E-state index contributed by atoms with van der Waals surface area (Å²) < 4.78 is 5.64. The molecule has 0 saturated heterocycles. The molecule has 0 aliphatic rings. The predicted octanol–water partition coefficient (Wildman–Crippen LogP) is 2.61. The van der Waals surface area contributed by atoms with Gasteiger partial charge in [0.25, 0.3) is 0 Å². The Bertz CT molecular complexity index is 1000. The second kappa shape index (κ2) is 8.37. The summed E-state index contributed by atoms with van der Waals surface area (Å²) in [5.41, 5.74) is 2.88. The number of para-hydroxylation sites is 1. The molecule has 2 aromatic heterocycles. The maximum atomic E-state index is 5.64. The van der Waals surface area contributed by atoms with Crippen LogP contribution in [0, 0.1) is 0 Å². The van der Waals surface area contributed by atoms with Gasteiger partial charge in [0.2, 0.25) is 0 Å². The van der Waals surface area contributed by atoms with Gasteiger partial charge in [0.05, 0.1) is 24.4 Å². The van der Waals surface area contributed by atoms with E-state index in [9.17, 15) is 0 Å². The van der Waals surface area contributed by atoms with E-state index >= 15 is 0 Å². The van der Waals surface area contributed by atoms with E-state index in [0.29, 0.717) is 25.5 Å². The normalized spacial score (nSPS) is 11.0. The van der Waals surface area contributed by atoms with Crippen molar-refractivity contribution in [1.82, 2.24) is 25.4 Å². The lowest BCUT2D eigenvalue weighted by atomic mass is 10.2.